The van der Waals surface area contributed by atoms with Crippen LogP contribution in [0.3, 0.4) is 0 Å². The zero-order chi connectivity index (χ0) is 11.0. The molecule has 0 aliphatic heterocycles. The monoisotopic (exact) mass is 200 g/mol. The van der Waals surface area contributed by atoms with Gasteiger partial charge in [-0.3, -0.25) is 0 Å². The Morgan fingerprint density at radius 2 is 1.71 bits per heavy atom. The largest absolute Gasteiger partial charge is 0.309 e. The Labute approximate surface area is 89.4 Å². The lowest BCUT2D eigenvalue weighted by Crippen LogP contribution is -2.31. The van der Waals surface area contributed by atoms with E-state index < -0.39 is 0 Å². The van der Waals surface area contributed by atoms with E-state index in [-0.39, 0.29) is 0 Å². The molecule has 0 aromatic rings. The Balaban J connectivity index is 3.22. The molecule has 1 radical (unpaired) electrons. The Morgan fingerprint density at radius 1 is 1.07 bits per heavy atom. The van der Waals surface area contributed by atoms with E-state index in [1.165, 1.54) is 6.42 Å². The van der Waals surface area contributed by atoms with Gasteiger partial charge in [-0.2, -0.15) is 5.43 Å². The lowest BCUT2D eigenvalue weighted by Gasteiger charge is -2.17. The van der Waals surface area contributed by atoms with Crippen LogP contribution in [0.25, 0.3) is 0 Å². The minimum Gasteiger partial charge on any atom is -0.309 e. The van der Waals surface area contributed by atoms with Gasteiger partial charge < -0.3 is 4.90 Å². The minimum absolute atomic E-state index is 0.773. The van der Waals surface area contributed by atoms with Crippen molar-refractivity contribution in [3.63, 3.8) is 0 Å². The number of nitrogens with zero attached hydrogens (tertiary/aromatic N) is 3. The third-order valence-corrected chi connectivity index (χ3v) is 2.13. The molecular weight excluding hydrogens is 174 g/mol. The molecule has 0 spiro atoms. The fourth-order valence-corrected chi connectivity index (χ4v) is 1.14. The molecule has 0 unspecified atom stereocenters. The molecule has 0 aliphatic rings. The molecular formula is C11H26N3. The van der Waals surface area contributed by atoms with Gasteiger partial charge in [0, 0.05) is 20.1 Å². The summed E-state index contributed by atoms with van der Waals surface area (Å²) < 4.78 is 0. The van der Waals surface area contributed by atoms with E-state index in [2.05, 4.69) is 50.3 Å². The lowest BCUT2D eigenvalue weighted by molar-refractivity contribution is 0.208. The molecule has 0 aliphatic carbocycles. The van der Waals surface area contributed by atoms with Crippen LogP contribution < -0.4 is 5.43 Å². The molecule has 0 amide bonds. The molecule has 0 rings (SSSR count). The zero-order valence-corrected chi connectivity index (χ0v) is 10.5. The van der Waals surface area contributed by atoms with Crippen LogP contribution in [0.1, 0.15) is 26.7 Å². The number of rotatable bonds is 8. The van der Waals surface area contributed by atoms with Crippen molar-refractivity contribution < 1.29 is 0 Å². The van der Waals surface area contributed by atoms with E-state index in [4.69, 9.17) is 0 Å². The Bertz CT molecular complexity index is 124. The van der Waals surface area contributed by atoms with Crippen LogP contribution in [0, 0.1) is 5.92 Å². The van der Waals surface area contributed by atoms with Gasteiger partial charge in [-0.1, -0.05) is 13.8 Å². The van der Waals surface area contributed by atoms with Crippen LogP contribution >= 0.6 is 0 Å². The van der Waals surface area contributed by atoms with Crippen LogP contribution in [0.5, 0.6) is 0 Å². The molecule has 0 atom stereocenters. The van der Waals surface area contributed by atoms with Crippen LogP contribution in [-0.4, -0.2) is 50.7 Å². The first-order valence-corrected chi connectivity index (χ1v) is 5.55. The van der Waals surface area contributed by atoms with Crippen LogP contribution in [0.2, 0.25) is 0 Å². The summed E-state index contributed by atoms with van der Waals surface area (Å²) in [6.07, 6.45) is 2.38. The van der Waals surface area contributed by atoms with Gasteiger partial charge in [-0.25, -0.2) is 5.01 Å². The van der Waals surface area contributed by atoms with Gasteiger partial charge in [0.25, 0.3) is 0 Å². The summed E-state index contributed by atoms with van der Waals surface area (Å²) in [6, 6.07) is 0. The topological polar surface area (TPSA) is 20.6 Å². The maximum absolute atomic E-state index is 4.47. The molecule has 0 fully saturated rings. The van der Waals surface area contributed by atoms with Crippen LogP contribution in [-0.2, 0) is 0 Å². The summed E-state index contributed by atoms with van der Waals surface area (Å²) in [5.74, 6) is 0.773. The third kappa shape index (κ3) is 9.96. The predicted octanol–water partition coefficient (Wildman–Crippen LogP) is 1.44. The van der Waals surface area contributed by atoms with E-state index in [1.807, 2.05) is 0 Å². The third-order valence-electron chi connectivity index (χ3n) is 2.13. The van der Waals surface area contributed by atoms with Crippen molar-refractivity contribution in [3.8, 4) is 0 Å². The van der Waals surface area contributed by atoms with Crippen molar-refractivity contribution in [3.05, 3.63) is 0 Å². The van der Waals surface area contributed by atoms with Crippen LogP contribution in [0.4, 0.5) is 0 Å². The van der Waals surface area contributed by atoms with Crippen molar-refractivity contribution >= 4 is 0 Å². The second-order valence-corrected chi connectivity index (χ2v) is 4.59. The number of hydrogen-bond donors (Lipinski definition) is 0. The summed E-state index contributed by atoms with van der Waals surface area (Å²) in [7, 11) is 6.27. The predicted molar refractivity (Wildman–Crippen MR) is 62.3 cm³/mol. The second kappa shape index (κ2) is 8.21. The minimum atomic E-state index is 0.773. The normalized spacial score (nSPS) is 12.0. The maximum Gasteiger partial charge on any atom is 0.0318 e. The van der Waals surface area contributed by atoms with E-state index in [9.17, 15) is 0 Å². The van der Waals surface area contributed by atoms with Gasteiger partial charge in [0.2, 0.25) is 0 Å². The first kappa shape index (κ1) is 13.9. The molecule has 0 saturated carbocycles. The molecule has 0 N–H and O–H groups in total. The fraction of sp³-hybridized carbons (Fsp3) is 1.00. The number of hydrogen-bond acceptors (Lipinski definition) is 2. The average Bonchev–Trinajstić information content (AvgIpc) is 2.08. The first-order chi connectivity index (χ1) is 6.52. The zero-order valence-electron chi connectivity index (χ0n) is 10.5. The SMILES string of the molecule is CC(C)CCN(C)[N]CCCN(C)C. The van der Waals surface area contributed by atoms with Crippen LogP contribution in [0.15, 0.2) is 0 Å². The second-order valence-electron chi connectivity index (χ2n) is 4.59. The summed E-state index contributed by atoms with van der Waals surface area (Å²) in [5, 5.41) is 2.08. The Hall–Kier alpha value is -0.120. The summed E-state index contributed by atoms with van der Waals surface area (Å²) in [5.41, 5.74) is 4.47. The van der Waals surface area contributed by atoms with Crippen molar-refractivity contribution in [1.29, 1.82) is 0 Å². The summed E-state index contributed by atoms with van der Waals surface area (Å²) in [4.78, 5) is 2.20. The molecule has 0 aromatic carbocycles. The molecule has 0 heterocycles. The molecule has 0 aromatic heterocycles. The Kier molecular flexibility index (Phi) is 8.14. The molecule has 0 bridgehead atoms. The highest BCUT2D eigenvalue weighted by atomic mass is 15.5. The summed E-state index contributed by atoms with van der Waals surface area (Å²) in [6.45, 7) is 7.66. The van der Waals surface area contributed by atoms with E-state index in [1.54, 1.807) is 0 Å². The summed E-state index contributed by atoms with van der Waals surface area (Å²) >= 11 is 0. The van der Waals surface area contributed by atoms with Gasteiger partial charge in [-0.15, -0.1) is 0 Å². The lowest BCUT2D eigenvalue weighted by atomic mass is 10.1. The first-order valence-electron chi connectivity index (χ1n) is 5.55. The maximum atomic E-state index is 4.47. The van der Waals surface area contributed by atoms with Crippen molar-refractivity contribution in [2.24, 2.45) is 5.92 Å². The molecule has 3 nitrogen and oxygen atoms in total. The van der Waals surface area contributed by atoms with Gasteiger partial charge in [0.05, 0.1) is 0 Å². The highest BCUT2D eigenvalue weighted by Crippen LogP contribution is 1.99. The highest BCUT2D eigenvalue weighted by molar-refractivity contribution is 4.51. The van der Waals surface area contributed by atoms with Gasteiger partial charge in [-0.05, 0) is 39.4 Å². The quantitative estimate of drug-likeness (QED) is 0.436. The standard InChI is InChI=1S/C11H26N3/c1-11(2)7-10-14(5)12-8-6-9-13(3)4/h11H,6-10H2,1-5H3. The van der Waals surface area contributed by atoms with E-state index >= 15 is 0 Å². The van der Waals surface area contributed by atoms with Gasteiger partial charge in [0.1, 0.15) is 0 Å². The van der Waals surface area contributed by atoms with Crippen molar-refractivity contribution in [1.82, 2.24) is 15.3 Å². The molecule has 0 saturated heterocycles. The van der Waals surface area contributed by atoms with Gasteiger partial charge >= 0.3 is 0 Å². The Morgan fingerprint density at radius 3 is 2.21 bits per heavy atom. The molecule has 85 valence electrons. The smallest absolute Gasteiger partial charge is 0.0318 e. The van der Waals surface area contributed by atoms with Crippen molar-refractivity contribution in [2.45, 2.75) is 26.7 Å². The fourth-order valence-electron chi connectivity index (χ4n) is 1.14. The van der Waals surface area contributed by atoms with E-state index in [0.717, 1.165) is 32.0 Å². The van der Waals surface area contributed by atoms with E-state index in [0.29, 0.717) is 0 Å². The molecule has 3 heteroatoms. The highest BCUT2D eigenvalue weighted by Gasteiger charge is 2.00. The van der Waals surface area contributed by atoms with Crippen molar-refractivity contribution in [2.75, 3.05) is 40.8 Å². The molecule has 14 heavy (non-hydrogen) atoms. The van der Waals surface area contributed by atoms with Gasteiger partial charge in [0.15, 0.2) is 0 Å². The average molecular weight is 200 g/mol.